The van der Waals surface area contributed by atoms with Crippen LogP contribution in [0.2, 0.25) is 0 Å². The van der Waals surface area contributed by atoms with E-state index in [1.54, 1.807) is 16.4 Å². The summed E-state index contributed by atoms with van der Waals surface area (Å²) in [5.74, 6) is 2.60. The van der Waals surface area contributed by atoms with Gasteiger partial charge in [-0.3, -0.25) is 4.68 Å². The number of hydrogen-bond donors (Lipinski definition) is 1. The standard InChI is InChI=1S/C14H19N7S/c1-4-11-18-12(10-9-17-21(3)13(10)19-11)15-6-8-22-14-16-5-7-20(14)2/h5,7,9H,4,6,8H2,1-3H3,(H,15,18,19). The molecule has 0 amide bonds. The van der Waals surface area contributed by atoms with Crippen molar-refractivity contribution in [3.05, 3.63) is 24.4 Å². The van der Waals surface area contributed by atoms with E-state index in [1.165, 1.54) is 0 Å². The van der Waals surface area contributed by atoms with Gasteiger partial charge in [0.2, 0.25) is 0 Å². The molecule has 0 aliphatic rings. The highest BCUT2D eigenvalue weighted by atomic mass is 32.2. The van der Waals surface area contributed by atoms with Crippen LogP contribution in [0, 0.1) is 0 Å². The van der Waals surface area contributed by atoms with Gasteiger partial charge in [-0.15, -0.1) is 0 Å². The Morgan fingerprint density at radius 3 is 2.86 bits per heavy atom. The van der Waals surface area contributed by atoms with Gasteiger partial charge < -0.3 is 9.88 Å². The van der Waals surface area contributed by atoms with Crippen LogP contribution in [0.5, 0.6) is 0 Å². The Balaban J connectivity index is 1.69. The highest BCUT2D eigenvalue weighted by molar-refractivity contribution is 7.99. The highest BCUT2D eigenvalue weighted by Gasteiger charge is 2.10. The van der Waals surface area contributed by atoms with E-state index < -0.39 is 0 Å². The molecule has 0 aliphatic heterocycles. The molecule has 116 valence electrons. The van der Waals surface area contributed by atoms with Gasteiger partial charge in [-0.25, -0.2) is 15.0 Å². The van der Waals surface area contributed by atoms with Crippen LogP contribution in [0.25, 0.3) is 11.0 Å². The van der Waals surface area contributed by atoms with Gasteiger partial charge in [0.1, 0.15) is 11.6 Å². The van der Waals surface area contributed by atoms with Crippen molar-refractivity contribution in [2.45, 2.75) is 18.5 Å². The molecule has 1 N–H and O–H groups in total. The van der Waals surface area contributed by atoms with Gasteiger partial charge >= 0.3 is 0 Å². The maximum atomic E-state index is 4.58. The third-order valence-corrected chi connectivity index (χ3v) is 4.42. The van der Waals surface area contributed by atoms with Gasteiger partial charge in [0, 0.05) is 45.2 Å². The first-order valence-electron chi connectivity index (χ1n) is 7.21. The Hall–Kier alpha value is -2.09. The third kappa shape index (κ3) is 2.92. The van der Waals surface area contributed by atoms with Crippen molar-refractivity contribution in [3.63, 3.8) is 0 Å². The molecule has 0 unspecified atom stereocenters. The molecule has 0 bridgehead atoms. The number of thioether (sulfide) groups is 1. The van der Waals surface area contributed by atoms with E-state index in [0.717, 1.165) is 46.6 Å². The molecule has 7 nitrogen and oxygen atoms in total. The minimum atomic E-state index is 0.803. The Morgan fingerprint density at radius 1 is 1.27 bits per heavy atom. The van der Waals surface area contributed by atoms with Crippen LogP contribution in [0.15, 0.2) is 23.7 Å². The first-order chi connectivity index (χ1) is 10.7. The summed E-state index contributed by atoms with van der Waals surface area (Å²) in [6, 6.07) is 0. The zero-order chi connectivity index (χ0) is 15.5. The molecule has 0 spiro atoms. The number of nitrogens with one attached hydrogen (secondary N) is 1. The number of fused-ring (bicyclic) bond motifs is 1. The average Bonchev–Trinajstić information content (AvgIpc) is 3.10. The summed E-state index contributed by atoms with van der Waals surface area (Å²) in [5, 5.41) is 9.64. The normalized spacial score (nSPS) is 11.2. The maximum absolute atomic E-state index is 4.58. The molecule has 0 aromatic carbocycles. The van der Waals surface area contributed by atoms with E-state index in [4.69, 9.17) is 0 Å². The van der Waals surface area contributed by atoms with Crippen molar-refractivity contribution in [2.75, 3.05) is 17.6 Å². The summed E-state index contributed by atoms with van der Waals surface area (Å²) in [7, 11) is 3.90. The first kappa shape index (κ1) is 14.8. The summed E-state index contributed by atoms with van der Waals surface area (Å²) in [6.45, 7) is 2.86. The number of aromatic nitrogens is 6. The van der Waals surface area contributed by atoms with Crippen LogP contribution in [0.1, 0.15) is 12.7 Å². The largest absolute Gasteiger partial charge is 0.369 e. The second-order valence-corrected chi connectivity index (χ2v) is 6.01. The molecule has 3 heterocycles. The Bertz CT molecular complexity index is 777. The van der Waals surface area contributed by atoms with Crippen LogP contribution >= 0.6 is 11.8 Å². The topological polar surface area (TPSA) is 73.5 Å². The number of imidazole rings is 1. The number of nitrogens with zero attached hydrogens (tertiary/aromatic N) is 6. The van der Waals surface area contributed by atoms with E-state index in [-0.39, 0.29) is 0 Å². The lowest BCUT2D eigenvalue weighted by Crippen LogP contribution is -2.09. The molecule has 22 heavy (non-hydrogen) atoms. The molecule has 3 aromatic heterocycles. The van der Waals surface area contributed by atoms with Crippen molar-refractivity contribution in [3.8, 4) is 0 Å². The van der Waals surface area contributed by atoms with Gasteiger partial charge in [-0.2, -0.15) is 5.10 Å². The molecular weight excluding hydrogens is 298 g/mol. The molecule has 0 saturated heterocycles. The Kier molecular flexibility index (Phi) is 4.28. The number of hydrogen-bond acceptors (Lipinski definition) is 6. The smallest absolute Gasteiger partial charge is 0.167 e. The van der Waals surface area contributed by atoms with Crippen molar-refractivity contribution in [2.24, 2.45) is 14.1 Å². The fourth-order valence-corrected chi connectivity index (χ4v) is 2.95. The van der Waals surface area contributed by atoms with Crippen LogP contribution in [0.4, 0.5) is 5.82 Å². The quantitative estimate of drug-likeness (QED) is 0.552. The van der Waals surface area contributed by atoms with Gasteiger partial charge in [0.15, 0.2) is 10.8 Å². The van der Waals surface area contributed by atoms with E-state index >= 15 is 0 Å². The number of rotatable bonds is 6. The fraction of sp³-hybridized carbons (Fsp3) is 0.429. The molecule has 0 saturated carbocycles. The zero-order valence-corrected chi connectivity index (χ0v) is 13.8. The van der Waals surface area contributed by atoms with E-state index in [0.29, 0.717) is 0 Å². The van der Waals surface area contributed by atoms with Crippen molar-refractivity contribution in [1.82, 2.24) is 29.3 Å². The molecule has 8 heteroatoms. The Morgan fingerprint density at radius 2 is 2.14 bits per heavy atom. The molecular formula is C14H19N7S. The summed E-state index contributed by atoms with van der Waals surface area (Å²) >= 11 is 1.72. The molecule has 3 aromatic rings. The van der Waals surface area contributed by atoms with Crippen LogP contribution in [-0.4, -0.2) is 41.6 Å². The summed E-state index contributed by atoms with van der Waals surface area (Å²) in [5.41, 5.74) is 0.867. The van der Waals surface area contributed by atoms with Gasteiger partial charge in [0.05, 0.1) is 11.6 Å². The van der Waals surface area contributed by atoms with Gasteiger partial charge in [-0.05, 0) is 0 Å². The summed E-state index contributed by atoms with van der Waals surface area (Å²) in [6.07, 6.45) is 6.38. The average molecular weight is 317 g/mol. The lowest BCUT2D eigenvalue weighted by atomic mass is 10.3. The van der Waals surface area contributed by atoms with E-state index in [2.05, 4.69) is 32.3 Å². The van der Waals surface area contributed by atoms with Gasteiger partial charge in [0.25, 0.3) is 0 Å². The predicted molar refractivity (Wildman–Crippen MR) is 88.1 cm³/mol. The third-order valence-electron chi connectivity index (χ3n) is 3.36. The minimum Gasteiger partial charge on any atom is -0.369 e. The van der Waals surface area contributed by atoms with Crippen molar-refractivity contribution in [1.29, 1.82) is 0 Å². The first-order valence-corrected chi connectivity index (χ1v) is 8.20. The minimum absolute atomic E-state index is 0.803. The second-order valence-electron chi connectivity index (χ2n) is 4.94. The number of anilines is 1. The van der Waals surface area contributed by atoms with Crippen molar-refractivity contribution >= 4 is 28.6 Å². The van der Waals surface area contributed by atoms with Crippen LogP contribution in [0.3, 0.4) is 0 Å². The summed E-state index contributed by atoms with van der Waals surface area (Å²) in [4.78, 5) is 13.4. The molecule has 0 aliphatic carbocycles. The zero-order valence-electron chi connectivity index (χ0n) is 12.9. The van der Waals surface area contributed by atoms with Crippen LogP contribution in [-0.2, 0) is 20.5 Å². The molecule has 0 atom stereocenters. The lowest BCUT2D eigenvalue weighted by Gasteiger charge is -2.08. The molecule has 3 rings (SSSR count). The molecule has 0 fully saturated rings. The lowest BCUT2D eigenvalue weighted by molar-refractivity contribution is 0.779. The highest BCUT2D eigenvalue weighted by Crippen LogP contribution is 2.20. The van der Waals surface area contributed by atoms with E-state index in [9.17, 15) is 0 Å². The van der Waals surface area contributed by atoms with Gasteiger partial charge in [-0.1, -0.05) is 18.7 Å². The van der Waals surface area contributed by atoms with E-state index in [1.807, 2.05) is 37.3 Å². The summed E-state index contributed by atoms with van der Waals surface area (Å²) < 4.78 is 3.80. The predicted octanol–water partition coefficient (Wildman–Crippen LogP) is 1.86. The fourth-order valence-electron chi connectivity index (χ4n) is 2.16. The molecule has 0 radical (unpaired) electrons. The Labute approximate surface area is 133 Å². The monoisotopic (exact) mass is 317 g/mol. The maximum Gasteiger partial charge on any atom is 0.167 e. The SMILES string of the molecule is CCc1nc(NCCSc2nccn2C)c2cnn(C)c2n1. The number of aryl methyl sites for hydroxylation is 3. The van der Waals surface area contributed by atoms with Crippen molar-refractivity contribution < 1.29 is 0 Å². The van der Waals surface area contributed by atoms with Crippen LogP contribution < -0.4 is 5.32 Å². The second kappa shape index (κ2) is 6.35.